The third-order valence-electron chi connectivity index (χ3n) is 4.33. The molecule has 2 N–H and O–H groups in total. The number of nitrogens with one attached hydrogen (secondary N) is 1. The highest BCUT2D eigenvalue weighted by Gasteiger charge is 2.12. The summed E-state index contributed by atoms with van der Waals surface area (Å²) in [4.78, 5) is 21.7. The van der Waals surface area contributed by atoms with Crippen molar-refractivity contribution < 1.29 is 9.90 Å². The van der Waals surface area contributed by atoms with Crippen LogP contribution in [-0.2, 0) is 4.79 Å². The number of aliphatic hydroxyl groups excluding tert-OH is 1. The van der Waals surface area contributed by atoms with Crippen molar-refractivity contribution in [1.29, 1.82) is 0 Å². The van der Waals surface area contributed by atoms with Crippen molar-refractivity contribution in [3.8, 4) is 10.6 Å². The van der Waals surface area contributed by atoms with Crippen molar-refractivity contribution >= 4 is 29.0 Å². The molecule has 0 saturated heterocycles. The first-order valence-corrected chi connectivity index (χ1v) is 10.3. The Bertz CT molecular complexity index is 847. The molecule has 0 aliphatic heterocycles. The second kappa shape index (κ2) is 10.1. The molecule has 3 aromatic rings. The molecule has 0 aliphatic rings. The Balaban J connectivity index is 1.47. The summed E-state index contributed by atoms with van der Waals surface area (Å²) in [6, 6.07) is 5.89. The molecule has 0 unspecified atom stereocenters. The Morgan fingerprint density at radius 3 is 2.63 bits per heavy atom. The summed E-state index contributed by atoms with van der Waals surface area (Å²) in [5.41, 5.74) is 0.907. The van der Waals surface area contributed by atoms with Gasteiger partial charge in [0.2, 0.25) is 5.91 Å². The second-order valence-electron chi connectivity index (χ2n) is 6.45. The Kier molecular flexibility index (Phi) is 7.29. The van der Waals surface area contributed by atoms with Gasteiger partial charge in [-0.05, 0) is 30.4 Å². The number of hydrogen-bond donors (Lipinski definition) is 2. The molecule has 1 amide bonds. The van der Waals surface area contributed by atoms with E-state index in [1.165, 1.54) is 0 Å². The van der Waals surface area contributed by atoms with Gasteiger partial charge in [0, 0.05) is 19.2 Å². The summed E-state index contributed by atoms with van der Waals surface area (Å²) in [6.07, 6.45) is 9.47. The van der Waals surface area contributed by atoms with E-state index < -0.39 is 0 Å². The third kappa shape index (κ3) is 5.58. The van der Waals surface area contributed by atoms with E-state index in [1.807, 2.05) is 23.6 Å². The number of thiophene rings is 1. The number of unbranched alkanes of at least 4 members (excludes halogenated alkanes) is 6. The highest BCUT2D eigenvalue weighted by molar-refractivity contribution is 7.13. The number of aliphatic hydroxyl groups is 1. The second-order valence-corrected chi connectivity index (χ2v) is 7.40. The average molecular weight is 388 g/mol. The monoisotopic (exact) mass is 387 g/mol. The van der Waals surface area contributed by atoms with Crippen LogP contribution in [0.5, 0.6) is 0 Å². The lowest BCUT2D eigenvalue weighted by atomic mass is 10.1. The van der Waals surface area contributed by atoms with Crippen LogP contribution in [0.4, 0.5) is 5.95 Å². The third-order valence-corrected chi connectivity index (χ3v) is 5.22. The van der Waals surface area contributed by atoms with Crippen LogP contribution in [0, 0.1) is 0 Å². The quantitative estimate of drug-likeness (QED) is 0.487. The van der Waals surface area contributed by atoms with E-state index >= 15 is 0 Å². The van der Waals surface area contributed by atoms with Crippen LogP contribution in [0.25, 0.3) is 16.3 Å². The summed E-state index contributed by atoms with van der Waals surface area (Å²) in [6.45, 7) is 0.279. The van der Waals surface area contributed by atoms with Gasteiger partial charge in [-0.3, -0.25) is 10.1 Å². The number of anilines is 1. The zero-order valence-corrected chi connectivity index (χ0v) is 16.1. The van der Waals surface area contributed by atoms with Gasteiger partial charge in [0.1, 0.15) is 0 Å². The van der Waals surface area contributed by atoms with Crippen LogP contribution in [0.3, 0.4) is 0 Å². The Morgan fingerprint density at radius 2 is 1.89 bits per heavy atom. The summed E-state index contributed by atoms with van der Waals surface area (Å²) in [7, 11) is 0. The van der Waals surface area contributed by atoms with E-state index in [0.29, 0.717) is 18.1 Å². The molecule has 27 heavy (non-hydrogen) atoms. The summed E-state index contributed by atoms with van der Waals surface area (Å²) in [5.74, 6) is 0.698. The van der Waals surface area contributed by atoms with Crippen molar-refractivity contribution in [2.24, 2.45) is 0 Å². The van der Waals surface area contributed by atoms with Gasteiger partial charge in [-0.15, -0.1) is 16.4 Å². The molecule has 3 heterocycles. The van der Waals surface area contributed by atoms with E-state index in [9.17, 15) is 4.79 Å². The van der Waals surface area contributed by atoms with Gasteiger partial charge < -0.3 is 5.11 Å². The number of aromatic nitrogens is 4. The van der Waals surface area contributed by atoms with Gasteiger partial charge in [0.15, 0.2) is 0 Å². The number of nitrogens with zero attached hydrogens (tertiary/aromatic N) is 4. The average Bonchev–Trinajstić information content (AvgIpc) is 3.32. The minimum absolute atomic E-state index is 0.0659. The Labute approximate surface area is 162 Å². The molecule has 0 saturated carbocycles. The number of carbonyl (C=O) groups excluding carboxylic acids is 1. The highest BCUT2D eigenvalue weighted by Crippen LogP contribution is 2.24. The maximum absolute atomic E-state index is 12.1. The smallest absolute Gasteiger partial charge is 0.254 e. The van der Waals surface area contributed by atoms with Crippen LogP contribution in [0.15, 0.2) is 29.8 Å². The summed E-state index contributed by atoms with van der Waals surface area (Å²) in [5, 5.41) is 17.9. The number of amides is 1. The predicted molar refractivity (Wildman–Crippen MR) is 107 cm³/mol. The number of rotatable bonds is 11. The SMILES string of the molecule is O=C(CCCCCCCCCO)Nc1nc2nccc(-c3cccs3)n2n1. The van der Waals surface area contributed by atoms with Crippen LogP contribution < -0.4 is 5.32 Å². The van der Waals surface area contributed by atoms with E-state index in [2.05, 4.69) is 20.4 Å². The lowest BCUT2D eigenvalue weighted by Crippen LogP contribution is -2.12. The fourth-order valence-electron chi connectivity index (χ4n) is 2.93. The molecule has 7 nitrogen and oxygen atoms in total. The molecule has 0 aromatic carbocycles. The first kappa shape index (κ1) is 19.4. The molecule has 0 bridgehead atoms. The van der Waals surface area contributed by atoms with Crippen LogP contribution in [0.2, 0.25) is 0 Å². The normalized spacial score (nSPS) is 11.1. The summed E-state index contributed by atoms with van der Waals surface area (Å²) >= 11 is 1.62. The Morgan fingerprint density at radius 1 is 1.11 bits per heavy atom. The molecular formula is C19H25N5O2S. The fraction of sp³-hybridized carbons (Fsp3) is 0.474. The maximum atomic E-state index is 12.1. The number of fused-ring (bicyclic) bond motifs is 1. The number of hydrogen-bond acceptors (Lipinski definition) is 6. The van der Waals surface area contributed by atoms with Crippen LogP contribution in [0.1, 0.15) is 51.4 Å². The van der Waals surface area contributed by atoms with E-state index in [4.69, 9.17) is 5.11 Å². The lowest BCUT2D eigenvalue weighted by molar-refractivity contribution is -0.116. The lowest BCUT2D eigenvalue weighted by Gasteiger charge is -2.02. The van der Waals surface area contributed by atoms with Crippen molar-refractivity contribution in [3.63, 3.8) is 0 Å². The maximum Gasteiger partial charge on any atom is 0.254 e. The minimum Gasteiger partial charge on any atom is -0.396 e. The first-order valence-electron chi connectivity index (χ1n) is 9.44. The zero-order chi connectivity index (χ0) is 18.9. The molecular weight excluding hydrogens is 362 g/mol. The molecule has 0 spiro atoms. The van der Waals surface area contributed by atoms with E-state index in [1.54, 1.807) is 22.0 Å². The van der Waals surface area contributed by atoms with Crippen molar-refractivity contribution in [2.45, 2.75) is 51.4 Å². The van der Waals surface area contributed by atoms with Crippen molar-refractivity contribution in [1.82, 2.24) is 19.6 Å². The molecule has 0 radical (unpaired) electrons. The van der Waals surface area contributed by atoms with Crippen molar-refractivity contribution in [2.75, 3.05) is 11.9 Å². The molecule has 0 atom stereocenters. The van der Waals surface area contributed by atoms with Gasteiger partial charge in [0.25, 0.3) is 11.7 Å². The Hall–Kier alpha value is -2.32. The van der Waals surface area contributed by atoms with Gasteiger partial charge in [0.05, 0.1) is 10.6 Å². The largest absolute Gasteiger partial charge is 0.396 e. The topological polar surface area (TPSA) is 92.4 Å². The highest BCUT2D eigenvalue weighted by atomic mass is 32.1. The fourth-order valence-corrected chi connectivity index (χ4v) is 3.66. The van der Waals surface area contributed by atoms with Crippen LogP contribution in [-0.4, -0.2) is 37.2 Å². The molecule has 144 valence electrons. The van der Waals surface area contributed by atoms with E-state index in [0.717, 1.165) is 55.5 Å². The molecule has 3 rings (SSSR count). The van der Waals surface area contributed by atoms with Crippen molar-refractivity contribution in [3.05, 3.63) is 29.8 Å². The van der Waals surface area contributed by atoms with Gasteiger partial charge in [-0.1, -0.05) is 38.2 Å². The van der Waals surface area contributed by atoms with E-state index in [-0.39, 0.29) is 12.5 Å². The number of carbonyl (C=O) groups is 1. The summed E-state index contributed by atoms with van der Waals surface area (Å²) < 4.78 is 1.66. The molecule has 0 fully saturated rings. The molecule has 0 aliphatic carbocycles. The minimum atomic E-state index is -0.0659. The standard InChI is InChI=1S/C19H25N5O2S/c25-13-7-5-3-1-2-4-6-10-17(26)21-18-22-19-20-12-11-15(24(19)23-18)16-9-8-14-27-16/h8-9,11-12,14,25H,1-7,10,13H2,(H,21,23,26). The first-order chi connectivity index (χ1) is 13.3. The van der Waals surface area contributed by atoms with Gasteiger partial charge in [-0.2, -0.15) is 9.50 Å². The van der Waals surface area contributed by atoms with Gasteiger partial charge in [-0.25, -0.2) is 4.98 Å². The molecule has 8 heteroatoms. The molecule has 3 aromatic heterocycles. The van der Waals surface area contributed by atoms with Gasteiger partial charge >= 0.3 is 0 Å². The van der Waals surface area contributed by atoms with Crippen LogP contribution >= 0.6 is 11.3 Å². The zero-order valence-electron chi connectivity index (χ0n) is 15.3. The predicted octanol–water partition coefficient (Wildman–Crippen LogP) is 3.90.